The third kappa shape index (κ3) is 6.20. The van der Waals surface area contributed by atoms with E-state index in [1.165, 1.54) is 23.7 Å². The van der Waals surface area contributed by atoms with Gasteiger partial charge in [-0.25, -0.2) is 0 Å². The lowest BCUT2D eigenvalue weighted by molar-refractivity contribution is 0.220. The molecule has 0 saturated heterocycles. The zero-order valence-corrected chi connectivity index (χ0v) is 16.0. The Labute approximate surface area is 129 Å². The fraction of sp³-hybridized carbons (Fsp3) is 0.867. The van der Waals surface area contributed by atoms with Gasteiger partial charge < -0.3 is 4.43 Å². The molecule has 0 saturated carbocycles. The molecule has 18 heavy (non-hydrogen) atoms. The van der Waals surface area contributed by atoms with Crippen LogP contribution in [0.4, 0.5) is 0 Å². The summed E-state index contributed by atoms with van der Waals surface area (Å²) in [6, 6.07) is 0. The van der Waals surface area contributed by atoms with Crippen molar-refractivity contribution < 1.29 is 4.43 Å². The van der Waals surface area contributed by atoms with E-state index >= 15 is 0 Å². The van der Waals surface area contributed by atoms with Gasteiger partial charge >= 0.3 is 0 Å². The van der Waals surface area contributed by atoms with Gasteiger partial charge in [-0.3, -0.25) is 0 Å². The highest BCUT2D eigenvalue weighted by Crippen LogP contribution is 2.39. The Kier molecular flexibility index (Phi) is 9.06. The summed E-state index contributed by atoms with van der Waals surface area (Å²) in [5.41, 5.74) is 0. The van der Waals surface area contributed by atoms with Gasteiger partial charge in [0.2, 0.25) is 0 Å². The number of halogens is 1. The monoisotopic (exact) mass is 382 g/mol. The zero-order valence-electron chi connectivity index (χ0n) is 12.9. The molecule has 0 rings (SSSR count). The fourth-order valence-corrected chi connectivity index (χ4v) is 5.80. The van der Waals surface area contributed by atoms with Gasteiger partial charge in [-0.15, -0.1) is 6.58 Å². The average molecular weight is 382 g/mol. The maximum absolute atomic E-state index is 6.38. The average Bonchev–Trinajstić information content (AvgIpc) is 2.32. The Morgan fingerprint density at radius 3 is 2.44 bits per heavy atom. The minimum atomic E-state index is -1.60. The summed E-state index contributed by atoms with van der Waals surface area (Å²) in [5, 5.41) is 0.344. The van der Waals surface area contributed by atoms with E-state index in [-0.39, 0.29) is 0 Å². The van der Waals surface area contributed by atoms with Crippen LogP contribution in [0, 0.1) is 5.92 Å². The Balaban J connectivity index is 4.35. The maximum atomic E-state index is 6.38. The Morgan fingerprint density at radius 2 is 2.00 bits per heavy atom. The summed E-state index contributed by atoms with van der Waals surface area (Å²) in [7, 11) is -1.60. The molecule has 0 aromatic heterocycles. The first kappa shape index (κ1) is 18.6. The van der Waals surface area contributed by atoms with Crippen LogP contribution in [0.2, 0.25) is 18.1 Å². The quantitative estimate of drug-likeness (QED) is 0.201. The van der Waals surface area contributed by atoms with Crippen LogP contribution in [-0.2, 0) is 4.43 Å². The molecule has 0 aliphatic heterocycles. The summed E-state index contributed by atoms with van der Waals surface area (Å²) < 4.78 is 7.55. The largest absolute Gasteiger partial charge is 0.417 e. The van der Waals surface area contributed by atoms with Crippen LogP contribution in [0.15, 0.2) is 12.7 Å². The molecule has 0 radical (unpaired) electrons. The van der Waals surface area contributed by atoms with E-state index < -0.39 is 8.32 Å². The van der Waals surface area contributed by atoms with Crippen molar-refractivity contribution in [3.05, 3.63) is 12.7 Å². The van der Waals surface area contributed by atoms with Crippen molar-refractivity contribution in [3.63, 3.8) is 0 Å². The molecule has 1 unspecified atom stereocenters. The van der Waals surface area contributed by atoms with Crippen LogP contribution in [-0.4, -0.2) is 19.4 Å². The number of unbranched alkanes of at least 4 members (excludes halogenated alkanes) is 1. The number of alkyl halides is 1. The second-order valence-corrected chi connectivity index (χ2v) is 11.8. The predicted octanol–water partition coefficient (Wildman–Crippen LogP) is 5.81. The van der Waals surface area contributed by atoms with E-state index in [1.807, 2.05) is 6.08 Å². The Morgan fingerprint density at radius 1 is 1.39 bits per heavy atom. The standard InChI is InChI=1S/C15H31IOSi/c1-7-9-11-14(10-8-2)12-17-18(5,6)15(3,4)13-16/h8,14H,2,7,9-13H2,1,3-6H3. The fourth-order valence-electron chi connectivity index (χ4n) is 1.68. The normalized spacial score (nSPS) is 14.6. The third-order valence-corrected chi connectivity index (χ3v) is 11.1. The molecule has 0 bridgehead atoms. The molecule has 0 aromatic rings. The molecular weight excluding hydrogens is 351 g/mol. The van der Waals surface area contributed by atoms with Crippen molar-refractivity contribution in [2.45, 2.75) is 64.6 Å². The second-order valence-electron chi connectivity index (χ2n) is 6.37. The number of allylic oxidation sites excluding steroid dienone is 1. The molecule has 3 heteroatoms. The molecule has 0 spiro atoms. The minimum absolute atomic E-state index is 0.344. The van der Waals surface area contributed by atoms with E-state index in [9.17, 15) is 0 Å². The van der Waals surface area contributed by atoms with Gasteiger partial charge in [-0.05, 0) is 36.9 Å². The Hall–Kier alpha value is 0.647. The van der Waals surface area contributed by atoms with Gasteiger partial charge in [0.15, 0.2) is 8.32 Å². The highest BCUT2D eigenvalue weighted by atomic mass is 127. The van der Waals surface area contributed by atoms with Gasteiger partial charge in [0.25, 0.3) is 0 Å². The number of hydrogen-bond donors (Lipinski definition) is 0. The van der Waals surface area contributed by atoms with Crippen LogP contribution in [0.3, 0.4) is 0 Å². The maximum Gasteiger partial charge on any atom is 0.193 e. The van der Waals surface area contributed by atoms with Gasteiger partial charge in [-0.1, -0.05) is 62.3 Å². The minimum Gasteiger partial charge on any atom is -0.417 e. The molecule has 0 aromatic carbocycles. The van der Waals surface area contributed by atoms with Crippen LogP contribution >= 0.6 is 22.6 Å². The van der Waals surface area contributed by atoms with Gasteiger partial charge in [0.1, 0.15) is 0 Å². The topological polar surface area (TPSA) is 9.23 Å². The molecule has 1 atom stereocenters. The van der Waals surface area contributed by atoms with Crippen molar-refractivity contribution in [1.82, 2.24) is 0 Å². The highest BCUT2D eigenvalue weighted by Gasteiger charge is 2.40. The first-order valence-electron chi connectivity index (χ1n) is 7.11. The molecule has 0 amide bonds. The molecule has 0 fully saturated rings. The lowest BCUT2D eigenvalue weighted by Crippen LogP contribution is -2.44. The summed E-state index contributed by atoms with van der Waals surface area (Å²) in [6.07, 6.45) is 6.99. The molecule has 0 heterocycles. The van der Waals surface area contributed by atoms with E-state index in [0.29, 0.717) is 11.0 Å². The summed E-state index contributed by atoms with van der Waals surface area (Å²) in [5.74, 6) is 0.666. The Bertz CT molecular complexity index is 239. The molecule has 0 aliphatic carbocycles. The smallest absolute Gasteiger partial charge is 0.193 e. The molecule has 0 N–H and O–H groups in total. The van der Waals surface area contributed by atoms with Crippen molar-refractivity contribution in [1.29, 1.82) is 0 Å². The first-order valence-corrected chi connectivity index (χ1v) is 11.5. The van der Waals surface area contributed by atoms with Crippen molar-refractivity contribution in [2.75, 3.05) is 11.0 Å². The van der Waals surface area contributed by atoms with Gasteiger partial charge in [0, 0.05) is 11.0 Å². The van der Waals surface area contributed by atoms with Crippen molar-refractivity contribution in [2.24, 2.45) is 5.92 Å². The third-order valence-electron chi connectivity index (χ3n) is 4.11. The van der Waals surface area contributed by atoms with E-state index in [4.69, 9.17) is 4.43 Å². The molecule has 108 valence electrons. The summed E-state index contributed by atoms with van der Waals surface area (Å²) >= 11 is 2.49. The first-order chi connectivity index (χ1) is 8.30. The number of hydrogen-bond acceptors (Lipinski definition) is 1. The van der Waals surface area contributed by atoms with Crippen LogP contribution in [0.5, 0.6) is 0 Å². The zero-order chi connectivity index (χ0) is 14.2. The summed E-state index contributed by atoms with van der Waals surface area (Å²) in [6.45, 7) is 16.5. The highest BCUT2D eigenvalue weighted by molar-refractivity contribution is 14.1. The van der Waals surface area contributed by atoms with Crippen LogP contribution < -0.4 is 0 Å². The van der Waals surface area contributed by atoms with Crippen LogP contribution in [0.25, 0.3) is 0 Å². The van der Waals surface area contributed by atoms with Gasteiger partial charge in [0.05, 0.1) is 0 Å². The molecule has 1 nitrogen and oxygen atoms in total. The molecule has 0 aliphatic rings. The van der Waals surface area contributed by atoms with Gasteiger partial charge in [-0.2, -0.15) is 0 Å². The van der Waals surface area contributed by atoms with Crippen molar-refractivity contribution >= 4 is 30.9 Å². The SMILES string of the molecule is C=CCC(CCCC)CO[Si](C)(C)C(C)(C)CI. The lowest BCUT2D eigenvalue weighted by atomic mass is 10.00. The summed E-state index contributed by atoms with van der Waals surface area (Å²) in [4.78, 5) is 0. The van der Waals surface area contributed by atoms with E-state index in [2.05, 4.69) is 63.0 Å². The second kappa shape index (κ2) is 8.75. The molecular formula is C15H31IOSi. The lowest BCUT2D eigenvalue weighted by Gasteiger charge is -2.39. The van der Waals surface area contributed by atoms with E-state index in [1.54, 1.807) is 0 Å². The van der Waals surface area contributed by atoms with Crippen molar-refractivity contribution in [3.8, 4) is 0 Å². The predicted molar refractivity (Wildman–Crippen MR) is 94.2 cm³/mol. The van der Waals surface area contributed by atoms with Crippen LogP contribution in [0.1, 0.15) is 46.5 Å². The number of rotatable bonds is 10. The van der Waals surface area contributed by atoms with E-state index in [0.717, 1.165) is 13.0 Å².